The number of carbonyl (C=O) groups is 2. The average molecular weight is 275 g/mol. The number of hydrogen-bond acceptors (Lipinski definition) is 3. The molecule has 0 aromatic heterocycles. The maximum Gasteiger partial charge on any atom is 0.237 e. The van der Waals surface area contributed by atoms with Gasteiger partial charge in [0, 0.05) is 18.2 Å². The third-order valence-corrected chi connectivity index (χ3v) is 3.41. The van der Waals surface area contributed by atoms with Crippen molar-refractivity contribution in [2.75, 3.05) is 5.32 Å². The van der Waals surface area contributed by atoms with E-state index in [-0.39, 0.29) is 17.7 Å². The van der Waals surface area contributed by atoms with Gasteiger partial charge in [-0.05, 0) is 37.0 Å². The van der Waals surface area contributed by atoms with Crippen LogP contribution in [0.25, 0.3) is 0 Å². The lowest BCUT2D eigenvalue weighted by Crippen LogP contribution is -2.39. The van der Waals surface area contributed by atoms with E-state index in [9.17, 15) is 9.59 Å². The lowest BCUT2D eigenvalue weighted by atomic mass is 10.2. The Morgan fingerprint density at radius 1 is 1.30 bits per heavy atom. The molecule has 108 valence electrons. The fourth-order valence-corrected chi connectivity index (χ4v) is 1.80. The molecule has 1 aliphatic rings. The SMILES string of the molecule is CC[C@@H](N)C(=O)NCc1ccc(NC(=O)C2CC2)cc1. The van der Waals surface area contributed by atoms with Gasteiger partial charge in [-0.1, -0.05) is 19.1 Å². The summed E-state index contributed by atoms with van der Waals surface area (Å²) in [6.07, 6.45) is 2.61. The highest BCUT2D eigenvalue weighted by Gasteiger charge is 2.29. The van der Waals surface area contributed by atoms with Gasteiger partial charge in [0.2, 0.25) is 11.8 Å². The van der Waals surface area contributed by atoms with Gasteiger partial charge in [-0.2, -0.15) is 0 Å². The maximum atomic E-state index is 11.6. The van der Waals surface area contributed by atoms with E-state index in [0.717, 1.165) is 24.1 Å². The molecule has 0 spiro atoms. The third-order valence-electron chi connectivity index (χ3n) is 3.41. The Morgan fingerprint density at radius 2 is 1.95 bits per heavy atom. The normalized spacial score (nSPS) is 15.5. The minimum Gasteiger partial charge on any atom is -0.351 e. The van der Waals surface area contributed by atoms with Gasteiger partial charge in [-0.25, -0.2) is 0 Å². The maximum absolute atomic E-state index is 11.6. The predicted molar refractivity (Wildman–Crippen MR) is 77.9 cm³/mol. The van der Waals surface area contributed by atoms with E-state index >= 15 is 0 Å². The highest BCUT2D eigenvalue weighted by atomic mass is 16.2. The van der Waals surface area contributed by atoms with E-state index in [0.29, 0.717) is 13.0 Å². The second-order valence-electron chi connectivity index (χ2n) is 5.19. The molecule has 2 amide bonds. The Hall–Kier alpha value is -1.88. The van der Waals surface area contributed by atoms with Gasteiger partial charge in [-0.3, -0.25) is 9.59 Å². The van der Waals surface area contributed by atoms with Gasteiger partial charge in [0.05, 0.1) is 6.04 Å². The number of rotatable bonds is 6. The molecule has 0 heterocycles. The van der Waals surface area contributed by atoms with Crippen LogP contribution in [0, 0.1) is 5.92 Å². The van der Waals surface area contributed by atoms with Crippen LogP contribution < -0.4 is 16.4 Å². The van der Waals surface area contributed by atoms with Gasteiger partial charge < -0.3 is 16.4 Å². The lowest BCUT2D eigenvalue weighted by Gasteiger charge is -2.10. The molecular formula is C15H21N3O2. The van der Waals surface area contributed by atoms with Gasteiger partial charge >= 0.3 is 0 Å². The van der Waals surface area contributed by atoms with E-state index in [1.807, 2.05) is 31.2 Å². The molecule has 1 aromatic rings. The molecule has 5 nitrogen and oxygen atoms in total. The van der Waals surface area contributed by atoms with Crippen LogP contribution in [0.15, 0.2) is 24.3 Å². The van der Waals surface area contributed by atoms with Crippen LogP contribution in [-0.4, -0.2) is 17.9 Å². The van der Waals surface area contributed by atoms with E-state index in [2.05, 4.69) is 10.6 Å². The second-order valence-corrected chi connectivity index (χ2v) is 5.19. The van der Waals surface area contributed by atoms with Gasteiger partial charge in [0.15, 0.2) is 0 Å². The smallest absolute Gasteiger partial charge is 0.237 e. The molecule has 1 aromatic carbocycles. The number of hydrogen-bond donors (Lipinski definition) is 3. The number of anilines is 1. The van der Waals surface area contributed by atoms with Crippen molar-refractivity contribution in [2.45, 2.75) is 38.8 Å². The number of carbonyl (C=O) groups excluding carboxylic acids is 2. The first-order valence-corrected chi connectivity index (χ1v) is 7.03. The van der Waals surface area contributed by atoms with Crippen LogP contribution in [0.4, 0.5) is 5.69 Å². The molecule has 1 aliphatic carbocycles. The second kappa shape index (κ2) is 6.52. The quantitative estimate of drug-likeness (QED) is 0.733. The monoisotopic (exact) mass is 275 g/mol. The fraction of sp³-hybridized carbons (Fsp3) is 0.467. The van der Waals surface area contributed by atoms with Crippen molar-refractivity contribution in [3.63, 3.8) is 0 Å². The summed E-state index contributed by atoms with van der Waals surface area (Å²) >= 11 is 0. The van der Waals surface area contributed by atoms with Crippen molar-refractivity contribution in [1.82, 2.24) is 5.32 Å². The summed E-state index contributed by atoms with van der Waals surface area (Å²) in [4.78, 5) is 23.1. The first-order chi connectivity index (χ1) is 9.60. The van der Waals surface area contributed by atoms with Crippen LogP contribution in [0.1, 0.15) is 31.7 Å². The largest absolute Gasteiger partial charge is 0.351 e. The minimum absolute atomic E-state index is 0.0972. The first-order valence-electron chi connectivity index (χ1n) is 7.03. The molecular weight excluding hydrogens is 254 g/mol. The molecule has 1 fully saturated rings. The summed E-state index contributed by atoms with van der Waals surface area (Å²) in [5.41, 5.74) is 7.41. The van der Waals surface area contributed by atoms with Crippen LogP contribution in [0.5, 0.6) is 0 Å². The molecule has 1 saturated carbocycles. The van der Waals surface area contributed by atoms with Crippen LogP contribution in [-0.2, 0) is 16.1 Å². The summed E-state index contributed by atoms with van der Waals surface area (Å²) in [6, 6.07) is 7.02. The Balaban J connectivity index is 1.81. The van der Waals surface area contributed by atoms with Crippen molar-refractivity contribution in [3.8, 4) is 0 Å². The third kappa shape index (κ3) is 4.06. The summed E-state index contributed by atoms with van der Waals surface area (Å²) in [6.45, 7) is 2.32. The summed E-state index contributed by atoms with van der Waals surface area (Å²) < 4.78 is 0. The highest BCUT2D eigenvalue weighted by Crippen LogP contribution is 2.30. The number of nitrogens with two attached hydrogens (primary N) is 1. The van der Waals surface area contributed by atoms with E-state index < -0.39 is 6.04 Å². The molecule has 0 unspecified atom stereocenters. The van der Waals surface area contributed by atoms with E-state index in [1.54, 1.807) is 0 Å². The van der Waals surface area contributed by atoms with Gasteiger partial charge in [0.1, 0.15) is 0 Å². The zero-order valence-electron chi connectivity index (χ0n) is 11.7. The fourth-order valence-electron chi connectivity index (χ4n) is 1.80. The van der Waals surface area contributed by atoms with Crippen molar-refractivity contribution < 1.29 is 9.59 Å². The Labute approximate surface area is 118 Å². The summed E-state index contributed by atoms with van der Waals surface area (Å²) in [5.74, 6) is 0.156. The molecule has 20 heavy (non-hydrogen) atoms. The summed E-state index contributed by atoms with van der Waals surface area (Å²) in [5, 5.41) is 5.66. The molecule has 2 rings (SSSR count). The molecule has 1 atom stereocenters. The molecule has 4 N–H and O–H groups in total. The van der Waals surface area contributed by atoms with Crippen molar-refractivity contribution in [3.05, 3.63) is 29.8 Å². The predicted octanol–water partition coefficient (Wildman–Crippen LogP) is 1.39. The lowest BCUT2D eigenvalue weighted by molar-refractivity contribution is -0.122. The Bertz CT molecular complexity index is 480. The number of nitrogens with one attached hydrogen (secondary N) is 2. The van der Waals surface area contributed by atoms with Gasteiger partial charge in [-0.15, -0.1) is 0 Å². The van der Waals surface area contributed by atoms with E-state index in [1.165, 1.54) is 0 Å². The number of benzene rings is 1. The first kappa shape index (κ1) is 14.5. The molecule has 5 heteroatoms. The topological polar surface area (TPSA) is 84.2 Å². The highest BCUT2D eigenvalue weighted by molar-refractivity contribution is 5.94. The molecule has 0 aliphatic heterocycles. The zero-order valence-corrected chi connectivity index (χ0v) is 11.7. The van der Waals surface area contributed by atoms with Gasteiger partial charge in [0.25, 0.3) is 0 Å². The van der Waals surface area contributed by atoms with Crippen molar-refractivity contribution >= 4 is 17.5 Å². The van der Waals surface area contributed by atoms with Crippen LogP contribution in [0.3, 0.4) is 0 Å². The van der Waals surface area contributed by atoms with E-state index in [4.69, 9.17) is 5.73 Å². The molecule has 0 bridgehead atoms. The number of amides is 2. The Kier molecular flexibility index (Phi) is 4.74. The standard InChI is InChI=1S/C15H21N3O2/c1-2-13(16)15(20)17-9-10-3-7-12(8-4-10)18-14(19)11-5-6-11/h3-4,7-8,11,13H,2,5-6,9,16H2,1H3,(H,17,20)(H,18,19)/t13-/m1/s1. The molecule has 0 radical (unpaired) electrons. The average Bonchev–Trinajstić information content (AvgIpc) is 3.30. The zero-order chi connectivity index (χ0) is 14.5. The molecule has 0 saturated heterocycles. The van der Waals surface area contributed by atoms with Crippen LogP contribution in [0.2, 0.25) is 0 Å². The van der Waals surface area contributed by atoms with Crippen molar-refractivity contribution in [1.29, 1.82) is 0 Å². The van der Waals surface area contributed by atoms with Crippen molar-refractivity contribution in [2.24, 2.45) is 11.7 Å². The minimum atomic E-state index is -0.452. The van der Waals surface area contributed by atoms with Crippen LogP contribution >= 0.6 is 0 Å². The summed E-state index contributed by atoms with van der Waals surface area (Å²) in [7, 11) is 0. The Morgan fingerprint density at radius 3 is 2.50 bits per heavy atom.